The molecule has 0 fully saturated rings. The van der Waals surface area contributed by atoms with Crippen LogP contribution in [0.25, 0.3) is 5.69 Å². The van der Waals surface area contributed by atoms with Gasteiger partial charge in [-0.25, -0.2) is 17.8 Å². The van der Waals surface area contributed by atoms with Gasteiger partial charge in [0.2, 0.25) is 10.0 Å². The molecule has 0 aliphatic heterocycles. The first-order chi connectivity index (χ1) is 14.0. The predicted molar refractivity (Wildman–Crippen MR) is 105 cm³/mol. The quantitative estimate of drug-likeness (QED) is 0.570. The van der Waals surface area contributed by atoms with Gasteiger partial charge in [-0.15, -0.1) is 0 Å². The van der Waals surface area contributed by atoms with E-state index in [-0.39, 0.29) is 24.4 Å². The molecule has 0 aliphatic carbocycles. The average Bonchev–Trinajstić information content (AvgIpc) is 3.19. The standard InChI is InChI=1S/C19H22F3N5O2S/c1-13-12-17(19(20,21)22)25-26(13)11-7-10-23-30(28,29)18-14(2)24-27(15(18)3)16-8-5-4-6-9-16/h4-6,8-9,12,23H,7,10-11H2,1-3H3. The molecular formula is C19H22F3N5O2S. The largest absolute Gasteiger partial charge is 0.435 e. The molecular weight excluding hydrogens is 419 g/mol. The van der Waals surface area contributed by atoms with Crippen molar-refractivity contribution in [1.82, 2.24) is 24.3 Å². The summed E-state index contributed by atoms with van der Waals surface area (Å²) >= 11 is 0. The Morgan fingerprint density at radius 2 is 1.73 bits per heavy atom. The SMILES string of the molecule is Cc1nn(-c2ccccc2)c(C)c1S(=O)(=O)NCCCn1nc(C(F)(F)F)cc1C. The van der Waals surface area contributed by atoms with Crippen molar-refractivity contribution in [2.75, 3.05) is 6.54 Å². The molecule has 30 heavy (non-hydrogen) atoms. The van der Waals surface area contributed by atoms with Crippen molar-refractivity contribution in [3.63, 3.8) is 0 Å². The van der Waals surface area contributed by atoms with Gasteiger partial charge in [-0.05, 0) is 45.4 Å². The molecule has 0 radical (unpaired) electrons. The molecule has 1 N–H and O–H groups in total. The van der Waals surface area contributed by atoms with Crippen molar-refractivity contribution >= 4 is 10.0 Å². The molecule has 1 aromatic carbocycles. The zero-order chi connectivity index (χ0) is 22.1. The summed E-state index contributed by atoms with van der Waals surface area (Å²) in [5.74, 6) is 0. The first-order valence-corrected chi connectivity index (χ1v) is 10.7. The minimum absolute atomic E-state index is 0.0539. The van der Waals surface area contributed by atoms with Crippen LogP contribution in [0.1, 0.15) is 29.2 Å². The van der Waals surface area contributed by atoms with Gasteiger partial charge in [0.05, 0.1) is 17.1 Å². The Bertz CT molecular complexity index is 1140. The lowest BCUT2D eigenvalue weighted by molar-refractivity contribution is -0.141. The van der Waals surface area contributed by atoms with E-state index in [1.807, 2.05) is 30.3 Å². The van der Waals surface area contributed by atoms with Gasteiger partial charge in [0.15, 0.2) is 5.69 Å². The van der Waals surface area contributed by atoms with Crippen LogP contribution in [0.15, 0.2) is 41.3 Å². The molecule has 7 nitrogen and oxygen atoms in total. The first-order valence-electron chi connectivity index (χ1n) is 9.23. The molecule has 0 bridgehead atoms. The van der Waals surface area contributed by atoms with Crippen LogP contribution in [0.5, 0.6) is 0 Å². The lowest BCUT2D eigenvalue weighted by atomic mass is 10.3. The highest BCUT2D eigenvalue weighted by atomic mass is 32.2. The Labute approximate surface area is 172 Å². The van der Waals surface area contributed by atoms with Gasteiger partial charge in [-0.1, -0.05) is 18.2 Å². The number of alkyl halides is 3. The summed E-state index contributed by atoms with van der Waals surface area (Å²) in [6, 6.07) is 10.1. The van der Waals surface area contributed by atoms with Crippen molar-refractivity contribution in [3.8, 4) is 5.69 Å². The lowest BCUT2D eigenvalue weighted by Gasteiger charge is -2.09. The third-order valence-electron chi connectivity index (χ3n) is 4.60. The number of benzene rings is 1. The topological polar surface area (TPSA) is 81.8 Å². The van der Waals surface area contributed by atoms with Crippen LogP contribution >= 0.6 is 0 Å². The van der Waals surface area contributed by atoms with Crippen molar-refractivity contribution in [2.24, 2.45) is 0 Å². The van der Waals surface area contributed by atoms with Gasteiger partial charge in [-0.3, -0.25) is 4.68 Å². The average molecular weight is 441 g/mol. The van der Waals surface area contributed by atoms with E-state index in [4.69, 9.17) is 0 Å². The number of aryl methyl sites for hydroxylation is 3. The van der Waals surface area contributed by atoms with Gasteiger partial charge in [-0.2, -0.15) is 23.4 Å². The van der Waals surface area contributed by atoms with E-state index in [1.165, 1.54) is 11.6 Å². The zero-order valence-electron chi connectivity index (χ0n) is 16.7. The second-order valence-electron chi connectivity index (χ2n) is 6.89. The van der Waals surface area contributed by atoms with Crippen molar-refractivity contribution in [2.45, 2.75) is 44.8 Å². The molecule has 162 valence electrons. The number of nitrogens with zero attached hydrogens (tertiary/aromatic N) is 4. The molecule has 3 rings (SSSR count). The maximum Gasteiger partial charge on any atom is 0.435 e. The van der Waals surface area contributed by atoms with E-state index < -0.39 is 21.9 Å². The number of sulfonamides is 1. The summed E-state index contributed by atoms with van der Waals surface area (Å²) in [5, 5.41) is 7.88. The third kappa shape index (κ3) is 4.57. The van der Waals surface area contributed by atoms with E-state index in [0.717, 1.165) is 11.8 Å². The minimum atomic E-state index is -4.51. The number of hydrogen-bond acceptors (Lipinski definition) is 4. The highest BCUT2D eigenvalue weighted by Gasteiger charge is 2.34. The lowest BCUT2D eigenvalue weighted by Crippen LogP contribution is -2.26. The summed E-state index contributed by atoms with van der Waals surface area (Å²) in [5.41, 5.74) is 0.987. The predicted octanol–water partition coefficient (Wildman–Crippen LogP) is 3.38. The van der Waals surface area contributed by atoms with Crippen molar-refractivity contribution in [1.29, 1.82) is 0 Å². The Morgan fingerprint density at radius 1 is 1.07 bits per heavy atom. The summed E-state index contributed by atoms with van der Waals surface area (Å²) < 4.78 is 69.1. The summed E-state index contributed by atoms with van der Waals surface area (Å²) in [4.78, 5) is 0.0981. The smallest absolute Gasteiger partial charge is 0.269 e. The molecule has 2 aromatic heterocycles. The van der Waals surface area contributed by atoms with Crippen molar-refractivity contribution in [3.05, 3.63) is 59.2 Å². The maximum absolute atomic E-state index is 12.8. The van der Waals surface area contributed by atoms with Crippen LogP contribution in [0, 0.1) is 20.8 Å². The van der Waals surface area contributed by atoms with Gasteiger partial charge >= 0.3 is 6.18 Å². The minimum Gasteiger partial charge on any atom is -0.269 e. The van der Waals surface area contributed by atoms with Gasteiger partial charge < -0.3 is 0 Å². The highest BCUT2D eigenvalue weighted by molar-refractivity contribution is 7.89. The van der Waals surface area contributed by atoms with Gasteiger partial charge in [0.25, 0.3) is 0 Å². The highest BCUT2D eigenvalue weighted by Crippen LogP contribution is 2.28. The van der Waals surface area contributed by atoms with Crippen LogP contribution in [-0.4, -0.2) is 34.5 Å². The van der Waals surface area contributed by atoms with Crippen LogP contribution in [0.4, 0.5) is 13.2 Å². The number of rotatable bonds is 7. The van der Waals surface area contributed by atoms with Gasteiger partial charge in [0.1, 0.15) is 4.90 Å². The van der Waals surface area contributed by atoms with Crippen LogP contribution < -0.4 is 4.72 Å². The number of para-hydroxylation sites is 1. The van der Waals surface area contributed by atoms with Crippen LogP contribution in [0.3, 0.4) is 0 Å². The molecule has 0 aliphatic rings. The molecule has 0 saturated heterocycles. The first kappa shape index (κ1) is 22.0. The Kier molecular flexibility index (Phi) is 6.04. The fourth-order valence-electron chi connectivity index (χ4n) is 3.22. The van der Waals surface area contributed by atoms with Crippen LogP contribution in [-0.2, 0) is 22.7 Å². The number of nitrogens with one attached hydrogen (secondary N) is 1. The molecule has 11 heteroatoms. The molecule has 0 saturated carbocycles. The summed E-state index contributed by atoms with van der Waals surface area (Å²) in [6.45, 7) is 5.03. The van der Waals surface area contributed by atoms with Crippen LogP contribution in [0.2, 0.25) is 0 Å². The maximum atomic E-state index is 12.8. The number of hydrogen-bond donors (Lipinski definition) is 1. The fraction of sp³-hybridized carbons (Fsp3) is 0.368. The summed E-state index contributed by atoms with van der Waals surface area (Å²) in [6.07, 6.45) is -4.23. The second kappa shape index (κ2) is 8.23. The Balaban J connectivity index is 1.68. The number of halogens is 3. The van der Waals surface area contributed by atoms with E-state index in [0.29, 0.717) is 17.1 Å². The number of aromatic nitrogens is 4. The zero-order valence-corrected chi connectivity index (χ0v) is 17.5. The molecule has 3 aromatic rings. The van der Waals surface area contributed by atoms with E-state index in [9.17, 15) is 21.6 Å². The van der Waals surface area contributed by atoms with Gasteiger partial charge in [0, 0.05) is 18.8 Å². The molecule has 2 heterocycles. The van der Waals surface area contributed by atoms with E-state index in [2.05, 4.69) is 14.9 Å². The molecule has 0 atom stereocenters. The molecule has 0 spiro atoms. The summed E-state index contributed by atoms with van der Waals surface area (Å²) in [7, 11) is -3.83. The third-order valence-corrected chi connectivity index (χ3v) is 6.32. The molecule has 0 unspecified atom stereocenters. The second-order valence-corrected chi connectivity index (χ2v) is 8.59. The fourth-order valence-corrected chi connectivity index (χ4v) is 4.68. The van der Waals surface area contributed by atoms with Crippen molar-refractivity contribution < 1.29 is 21.6 Å². The Morgan fingerprint density at radius 3 is 2.33 bits per heavy atom. The normalized spacial score (nSPS) is 12.5. The monoisotopic (exact) mass is 441 g/mol. The molecule has 0 amide bonds. The van der Waals surface area contributed by atoms with E-state index in [1.54, 1.807) is 18.5 Å². The van der Waals surface area contributed by atoms with E-state index >= 15 is 0 Å². The Hall–Kier alpha value is -2.66.